The van der Waals surface area contributed by atoms with Crippen molar-refractivity contribution in [3.05, 3.63) is 35.9 Å². The molecule has 2 amide bonds. The molecule has 5 heteroatoms. The molecule has 1 aromatic carbocycles. The minimum Gasteiger partial charge on any atom is -0.444 e. The molecule has 20 heavy (non-hydrogen) atoms. The van der Waals surface area contributed by atoms with Gasteiger partial charge in [0, 0.05) is 0 Å². The average molecular weight is 278 g/mol. The lowest BCUT2D eigenvalue weighted by molar-refractivity contribution is -0.122. The van der Waals surface area contributed by atoms with E-state index in [0.29, 0.717) is 12.8 Å². The number of alkyl carbamates (subject to hydrolysis) is 1. The summed E-state index contributed by atoms with van der Waals surface area (Å²) in [5.41, 5.74) is 6.22. The summed E-state index contributed by atoms with van der Waals surface area (Å²) in [6.45, 7) is 5.19. The van der Waals surface area contributed by atoms with E-state index in [0.717, 1.165) is 5.56 Å². The maximum absolute atomic E-state index is 11.7. The Morgan fingerprint density at radius 3 is 2.40 bits per heavy atom. The van der Waals surface area contributed by atoms with Crippen LogP contribution >= 0.6 is 0 Å². The number of rotatable bonds is 4. The summed E-state index contributed by atoms with van der Waals surface area (Å²) in [5.74, 6) is -0.518. The fourth-order valence-corrected chi connectivity index (χ4v) is 1.59. The molecule has 0 heterocycles. The first-order valence-corrected chi connectivity index (χ1v) is 6.61. The van der Waals surface area contributed by atoms with E-state index in [2.05, 4.69) is 5.32 Å². The molecule has 110 valence electrons. The van der Waals surface area contributed by atoms with Crippen molar-refractivity contribution >= 4 is 12.0 Å². The van der Waals surface area contributed by atoms with Gasteiger partial charge in [-0.25, -0.2) is 4.79 Å². The van der Waals surface area contributed by atoms with E-state index in [1.54, 1.807) is 20.8 Å². The highest BCUT2D eigenvalue weighted by Gasteiger charge is 2.21. The van der Waals surface area contributed by atoms with Crippen LogP contribution in [0.25, 0.3) is 0 Å². The SMILES string of the molecule is CC(C)(C)OC(=O)NC(=O)[C@@H](N)CCc1ccccc1. The number of imide groups is 1. The third-order valence-corrected chi connectivity index (χ3v) is 2.55. The van der Waals surface area contributed by atoms with Crippen LogP contribution in [0.15, 0.2) is 30.3 Å². The van der Waals surface area contributed by atoms with Gasteiger partial charge in [-0.3, -0.25) is 10.1 Å². The van der Waals surface area contributed by atoms with Gasteiger partial charge >= 0.3 is 6.09 Å². The molecule has 0 aliphatic rings. The Morgan fingerprint density at radius 1 is 1.25 bits per heavy atom. The molecule has 0 aliphatic heterocycles. The molecule has 0 spiro atoms. The van der Waals surface area contributed by atoms with Crippen LogP contribution in [-0.2, 0) is 16.0 Å². The summed E-state index contributed by atoms with van der Waals surface area (Å²) in [5, 5.41) is 2.15. The topological polar surface area (TPSA) is 81.4 Å². The second-order valence-electron chi connectivity index (χ2n) is 5.62. The average Bonchev–Trinajstić information content (AvgIpc) is 2.34. The van der Waals surface area contributed by atoms with Crippen LogP contribution in [0.5, 0.6) is 0 Å². The van der Waals surface area contributed by atoms with E-state index >= 15 is 0 Å². The highest BCUT2D eigenvalue weighted by atomic mass is 16.6. The number of nitrogens with one attached hydrogen (secondary N) is 1. The maximum atomic E-state index is 11.7. The van der Waals surface area contributed by atoms with Crippen LogP contribution in [0.2, 0.25) is 0 Å². The third kappa shape index (κ3) is 6.33. The summed E-state index contributed by atoms with van der Waals surface area (Å²) in [6, 6.07) is 9.00. The van der Waals surface area contributed by atoms with Crippen LogP contribution < -0.4 is 11.1 Å². The summed E-state index contributed by atoms with van der Waals surface area (Å²) >= 11 is 0. The van der Waals surface area contributed by atoms with Crippen molar-refractivity contribution in [2.24, 2.45) is 5.73 Å². The zero-order valence-corrected chi connectivity index (χ0v) is 12.2. The molecular formula is C15H22N2O3. The second-order valence-corrected chi connectivity index (χ2v) is 5.62. The Morgan fingerprint density at radius 2 is 1.85 bits per heavy atom. The minimum atomic E-state index is -0.766. The van der Waals surface area contributed by atoms with Crippen molar-refractivity contribution in [1.29, 1.82) is 0 Å². The van der Waals surface area contributed by atoms with Gasteiger partial charge < -0.3 is 10.5 Å². The number of aryl methyl sites for hydroxylation is 1. The second kappa shape index (κ2) is 7.05. The van der Waals surface area contributed by atoms with Gasteiger partial charge in [0.25, 0.3) is 0 Å². The van der Waals surface area contributed by atoms with Gasteiger partial charge in [0.15, 0.2) is 0 Å². The quantitative estimate of drug-likeness (QED) is 0.882. The Bertz CT molecular complexity index is 452. The van der Waals surface area contributed by atoms with Gasteiger partial charge in [-0.1, -0.05) is 30.3 Å². The van der Waals surface area contributed by atoms with E-state index < -0.39 is 23.6 Å². The van der Waals surface area contributed by atoms with Crippen molar-refractivity contribution < 1.29 is 14.3 Å². The van der Waals surface area contributed by atoms with Crippen LogP contribution in [0.3, 0.4) is 0 Å². The lowest BCUT2D eigenvalue weighted by atomic mass is 10.1. The molecule has 0 aliphatic carbocycles. The van der Waals surface area contributed by atoms with Crippen LogP contribution in [0.4, 0.5) is 4.79 Å². The molecule has 0 bridgehead atoms. The number of benzene rings is 1. The van der Waals surface area contributed by atoms with Crippen molar-refractivity contribution in [3.63, 3.8) is 0 Å². The molecule has 0 aromatic heterocycles. The molecule has 0 unspecified atom stereocenters. The Balaban J connectivity index is 2.38. The van der Waals surface area contributed by atoms with E-state index in [4.69, 9.17) is 10.5 Å². The molecule has 0 saturated carbocycles. The van der Waals surface area contributed by atoms with Crippen LogP contribution in [0.1, 0.15) is 32.8 Å². The highest BCUT2D eigenvalue weighted by molar-refractivity contribution is 5.94. The zero-order chi connectivity index (χ0) is 15.2. The van der Waals surface area contributed by atoms with Gasteiger partial charge in [-0.05, 0) is 39.2 Å². The standard InChI is InChI=1S/C15H22N2O3/c1-15(2,3)20-14(19)17-13(18)12(16)10-9-11-7-5-4-6-8-11/h4-8,12H,9-10,16H2,1-3H3,(H,17,18,19)/t12-/m0/s1. The predicted molar refractivity (Wildman–Crippen MR) is 77.1 cm³/mol. The summed E-state index contributed by atoms with van der Waals surface area (Å²) in [4.78, 5) is 23.2. The van der Waals surface area contributed by atoms with Crippen molar-refractivity contribution in [3.8, 4) is 0 Å². The summed E-state index contributed by atoms with van der Waals surface area (Å²) < 4.78 is 4.99. The number of hydrogen-bond donors (Lipinski definition) is 2. The van der Waals surface area contributed by atoms with Gasteiger partial charge in [-0.15, -0.1) is 0 Å². The fraction of sp³-hybridized carbons (Fsp3) is 0.467. The Kier molecular flexibility index (Phi) is 5.70. The molecule has 1 rings (SSSR count). The van der Waals surface area contributed by atoms with Gasteiger partial charge in [0.2, 0.25) is 5.91 Å². The summed E-state index contributed by atoms with van der Waals surface area (Å²) in [6.07, 6.45) is 0.389. The number of hydrogen-bond acceptors (Lipinski definition) is 4. The monoisotopic (exact) mass is 278 g/mol. The normalized spacial score (nSPS) is 12.6. The molecule has 5 nitrogen and oxygen atoms in total. The van der Waals surface area contributed by atoms with Gasteiger partial charge in [0.05, 0.1) is 6.04 Å². The van der Waals surface area contributed by atoms with Crippen molar-refractivity contribution in [2.75, 3.05) is 0 Å². The highest BCUT2D eigenvalue weighted by Crippen LogP contribution is 2.07. The zero-order valence-electron chi connectivity index (χ0n) is 12.2. The van der Waals surface area contributed by atoms with E-state index in [-0.39, 0.29) is 0 Å². The van der Waals surface area contributed by atoms with Gasteiger partial charge in [0.1, 0.15) is 5.60 Å². The molecule has 1 atom stereocenters. The first kappa shape index (κ1) is 16.2. The molecule has 0 saturated heterocycles. The molecule has 0 radical (unpaired) electrons. The molecular weight excluding hydrogens is 256 g/mol. The molecule has 3 N–H and O–H groups in total. The first-order chi connectivity index (χ1) is 9.28. The summed E-state index contributed by atoms with van der Waals surface area (Å²) in [7, 11) is 0. The van der Waals surface area contributed by atoms with Crippen LogP contribution in [0, 0.1) is 0 Å². The largest absolute Gasteiger partial charge is 0.444 e. The van der Waals surface area contributed by atoms with Crippen molar-refractivity contribution in [2.45, 2.75) is 45.3 Å². The number of nitrogens with two attached hydrogens (primary N) is 1. The Hall–Kier alpha value is -1.88. The van der Waals surface area contributed by atoms with Gasteiger partial charge in [-0.2, -0.15) is 0 Å². The lowest BCUT2D eigenvalue weighted by Gasteiger charge is -2.20. The van der Waals surface area contributed by atoms with Crippen LogP contribution in [-0.4, -0.2) is 23.6 Å². The van der Waals surface area contributed by atoms with Crippen molar-refractivity contribution in [1.82, 2.24) is 5.32 Å². The number of amides is 2. The lowest BCUT2D eigenvalue weighted by Crippen LogP contribution is -2.45. The van der Waals surface area contributed by atoms with E-state index in [1.807, 2.05) is 30.3 Å². The molecule has 1 aromatic rings. The maximum Gasteiger partial charge on any atom is 0.414 e. The number of carbonyl (C=O) groups is 2. The number of ether oxygens (including phenoxy) is 1. The van der Waals surface area contributed by atoms with E-state index in [1.165, 1.54) is 0 Å². The fourth-order valence-electron chi connectivity index (χ4n) is 1.59. The number of carbonyl (C=O) groups excluding carboxylic acids is 2. The predicted octanol–water partition coefficient (Wildman–Crippen LogP) is 2.00. The van der Waals surface area contributed by atoms with E-state index in [9.17, 15) is 9.59 Å². The molecule has 0 fully saturated rings. The smallest absolute Gasteiger partial charge is 0.414 e. The Labute approximate surface area is 119 Å². The third-order valence-electron chi connectivity index (χ3n) is 2.55. The minimum absolute atomic E-state index is 0.471. The first-order valence-electron chi connectivity index (χ1n) is 6.61.